The molecule has 0 bridgehead atoms. The highest BCUT2D eigenvalue weighted by atomic mass is 19.4. The van der Waals surface area contributed by atoms with Crippen LogP contribution in [-0.4, -0.2) is 18.9 Å². The van der Waals surface area contributed by atoms with Crippen molar-refractivity contribution >= 4 is 5.69 Å². The van der Waals surface area contributed by atoms with Crippen molar-refractivity contribution in [2.75, 3.05) is 11.9 Å². The topological polar surface area (TPSA) is 12.0 Å². The molecular formula is C41H63F6N. The van der Waals surface area contributed by atoms with Crippen molar-refractivity contribution in [1.82, 2.24) is 0 Å². The molecule has 0 aliphatic heterocycles. The Hall–Kier alpha value is -2.18. The molecule has 1 nitrogen and oxygen atoms in total. The Bertz CT molecular complexity index is 1060. The average molecular weight is 684 g/mol. The highest BCUT2D eigenvalue weighted by molar-refractivity contribution is 5.70. The largest absolute Gasteiger partial charge is 0.389 e. The lowest BCUT2D eigenvalue weighted by Gasteiger charge is -2.14. The molecule has 0 aromatic heterocycles. The van der Waals surface area contributed by atoms with E-state index in [4.69, 9.17) is 0 Å². The minimum atomic E-state index is -4.04. The van der Waals surface area contributed by atoms with Crippen molar-refractivity contribution in [1.29, 1.82) is 0 Å². The molecule has 7 heteroatoms. The molecule has 0 aliphatic rings. The minimum Gasteiger partial charge on any atom is -0.385 e. The van der Waals surface area contributed by atoms with Crippen molar-refractivity contribution in [3.63, 3.8) is 0 Å². The van der Waals surface area contributed by atoms with Gasteiger partial charge in [0.25, 0.3) is 0 Å². The Labute approximate surface area is 288 Å². The number of halogens is 6. The molecule has 0 radical (unpaired) electrons. The maximum absolute atomic E-state index is 12.3. The molecule has 0 heterocycles. The van der Waals surface area contributed by atoms with E-state index in [1.807, 2.05) is 0 Å². The molecule has 2 aromatic rings. The summed E-state index contributed by atoms with van der Waals surface area (Å²) in [4.78, 5) is 0. The summed E-state index contributed by atoms with van der Waals surface area (Å²) in [5.41, 5.74) is 6.31. The van der Waals surface area contributed by atoms with Crippen LogP contribution in [0, 0.1) is 0 Å². The molecule has 2 aromatic carbocycles. The van der Waals surface area contributed by atoms with Gasteiger partial charge in [0.2, 0.25) is 0 Å². The summed E-state index contributed by atoms with van der Waals surface area (Å²) < 4.78 is 74.0. The van der Waals surface area contributed by atoms with Crippen LogP contribution in [0.3, 0.4) is 0 Å². The highest BCUT2D eigenvalue weighted by Gasteiger charge is 2.26. The van der Waals surface area contributed by atoms with Gasteiger partial charge in [0.15, 0.2) is 0 Å². The molecule has 48 heavy (non-hydrogen) atoms. The Balaban J connectivity index is 1.85. The van der Waals surface area contributed by atoms with E-state index in [0.29, 0.717) is 12.8 Å². The molecule has 2 rings (SSSR count). The lowest BCUT2D eigenvalue weighted by molar-refractivity contribution is -0.136. The van der Waals surface area contributed by atoms with Crippen LogP contribution in [-0.2, 0) is 12.8 Å². The second-order valence-corrected chi connectivity index (χ2v) is 13.8. The van der Waals surface area contributed by atoms with Gasteiger partial charge >= 0.3 is 12.4 Å². The molecule has 1 N–H and O–H groups in total. The highest BCUT2D eigenvalue weighted by Crippen LogP contribution is 2.30. The summed E-state index contributed by atoms with van der Waals surface area (Å²) in [6.07, 6.45) is 13.6. The van der Waals surface area contributed by atoms with Crippen LogP contribution >= 0.6 is 0 Å². The third-order valence-electron chi connectivity index (χ3n) is 9.31. The fourth-order valence-electron chi connectivity index (χ4n) is 6.41. The fraction of sp³-hybridized carbons (Fsp3) is 0.707. The van der Waals surface area contributed by atoms with Gasteiger partial charge in [0.1, 0.15) is 0 Å². The van der Waals surface area contributed by atoms with Crippen molar-refractivity contribution in [2.45, 2.75) is 180 Å². The summed E-state index contributed by atoms with van der Waals surface area (Å²) in [6.45, 7) is 3.24. The first-order chi connectivity index (χ1) is 23.1. The van der Waals surface area contributed by atoms with E-state index in [1.165, 1.54) is 67.2 Å². The molecule has 0 saturated heterocycles. The van der Waals surface area contributed by atoms with Crippen LogP contribution in [0.15, 0.2) is 42.5 Å². The van der Waals surface area contributed by atoms with Crippen LogP contribution < -0.4 is 5.32 Å². The van der Waals surface area contributed by atoms with Gasteiger partial charge in [0.05, 0.1) is 0 Å². The van der Waals surface area contributed by atoms with Gasteiger partial charge in [0, 0.05) is 25.1 Å². The van der Waals surface area contributed by atoms with Gasteiger partial charge in [-0.2, -0.15) is 26.3 Å². The van der Waals surface area contributed by atoms with Crippen LogP contribution in [0.2, 0.25) is 0 Å². The standard InChI is InChI=1S/C41H63F6N/c1-2-3-4-5-12-17-22-33-48-38-29-27-37(28-30-38)39-34-35(23-18-13-8-6-10-15-20-31-40(42,43)44)25-26-36(39)24-19-14-9-7-11-16-21-32-41(45,46)47/h25-30,34,48H,2-24,31-33H2,1H3. The van der Waals surface area contributed by atoms with Gasteiger partial charge < -0.3 is 5.32 Å². The zero-order chi connectivity index (χ0) is 34.9. The normalized spacial score (nSPS) is 12.1. The molecule has 0 spiro atoms. The number of aryl methyl sites for hydroxylation is 2. The van der Waals surface area contributed by atoms with Crippen LogP contribution in [0.25, 0.3) is 11.1 Å². The third-order valence-corrected chi connectivity index (χ3v) is 9.31. The SMILES string of the molecule is CCCCCCCCCNc1ccc(-c2cc(CCCCCCCCCC(F)(F)F)ccc2CCCCCCCCCC(F)(F)F)cc1. The van der Waals surface area contributed by atoms with E-state index in [0.717, 1.165) is 89.3 Å². The first kappa shape index (κ1) is 42.0. The molecule has 0 fully saturated rings. The number of rotatable bonds is 28. The Morgan fingerprint density at radius 1 is 0.479 bits per heavy atom. The number of benzene rings is 2. The third kappa shape index (κ3) is 21.7. The van der Waals surface area contributed by atoms with Gasteiger partial charge in [-0.15, -0.1) is 0 Å². The van der Waals surface area contributed by atoms with Crippen molar-refractivity contribution in [2.24, 2.45) is 0 Å². The maximum atomic E-state index is 12.3. The molecule has 0 unspecified atom stereocenters. The smallest absolute Gasteiger partial charge is 0.385 e. The van der Waals surface area contributed by atoms with Crippen LogP contribution in [0.4, 0.5) is 32.0 Å². The molecule has 274 valence electrons. The predicted molar refractivity (Wildman–Crippen MR) is 192 cm³/mol. The molecule has 0 atom stereocenters. The van der Waals surface area contributed by atoms with Crippen LogP contribution in [0.1, 0.15) is 166 Å². The first-order valence-electron chi connectivity index (χ1n) is 19.2. The zero-order valence-electron chi connectivity index (χ0n) is 29.7. The lowest BCUT2D eigenvalue weighted by Crippen LogP contribution is -2.06. The number of nitrogens with one attached hydrogen (secondary N) is 1. The summed E-state index contributed by atoms with van der Waals surface area (Å²) in [6, 6.07) is 15.7. The predicted octanol–water partition coefficient (Wildman–Crippen LogP) is 15.0. The molecule has 0 saturated carbocycles. The minimum absolute atomic E-state index is 0.234. The Kier molecular flexibility index (Phi) is 21.8. The van der Waals surface area contributed by atoms with Crippen molar-refractivity contribution < 1.29 is 26.3 Å². The van der Waals surface area contributed by atoms with Gasteiger partial charge in [-0.3, -0.25) is 0 Å². The second kappa shape index (κ2) is 24.9. The second-order valence-electron chi connectivity index (χ2n) is 13.8. The van der Waals surface area contributed by atoms with E-state index < -0.39 is 25.2 Å². The average Bonchev–Trinajstić information content (AvgIpc) is 3.04. The zero-order valence-corrected chi connectivity index (χ0v) is 29.7. The first-order valence-corrected chi connectivity index (χ1v) is 19.2. The monoisotopic (exact) mass is 683 g/mol. The number of unbranched alkanes of at least 4 members (excludes halogenated alkanes) is 18. The molecule has 0 aliphatic carbocycles. The fourth-order valence-corrected chi connectivity index (χ4v) is 6.41. The van der Waals surface area contributed by atoms with Crippen molar-refractivity contribution in [3.8, 4) is 11.1 Å². The van der Waals surface area contributed by atoms with E-state index in [9.17, 15) is 26.3 Å². The Morgan fingerprint density at radius 3 is 1.46 bits per heavy atom. The van der Waals surface area contributed by atoms with E-state index in [-0.39, 0.29) is 12.8 Å². The maximum Gasteiger partial charge on any atom is 0.389 e. The summed E-state index contributed by atoms with van der Waals surface area (Å²) in [5.74, 6) is 0. The van der Waals surface area contributed by atoms with Gasteiger partial charge in [-0.25, -0.2) is 0 Å². The lowest BCUT2D eigenvalue weighted by atomic mass is 9.92. The van der Waals surface area contributed by atoms with Crippen LogP contribution in [0.5, 0.6) is 0 Å². The van der Waals surface area contributed by atoms with E-state index in [1.54, 1.807) is 0 Å². The summed E-state index contributed by atoms with van der Waals surface area (Å²) in [5, 5.41) is 3.58. The molecule has 0 amide bonds. The van der Waals surface area contributed by atoms with E-state index >= 15 is 0 Å². The number of anilines is 1. The summed E-state index contributed by atoms with van der Waals surface area (Å²) in [7, 11) is 0. The number of hydrogen-bond donors (Lipinski definition) is 1. The quantitative estimate of drug-likeness (QED) is 0.0695. The summed E-state index contributed by atoms with van der Waals surface area (Å²) >= 11 is 0. The number of hydrogen-bond acceptors (Lipinski definition) is 1. The van der Waals surface area contributed by atoms with E-state index in [2.05, 4.69) is 54.7 Å². The van der Waals surface area contributed by atoms with Gasteiger partial charge in [-0.05, 0) is 79.3 Å². The number of alkyl halides is 6. The van der Waals surface area contributed by atoms with Gasteiger partial charge in [-0.1, -0.05) is 140 Å². The molecular weight excluding hydrogens is 620 g/mol. The van der Waals surface area contributed by atoms with Crippen molar-refractivity contribution in [3.05, 3.63) is 53.6 Å². The Morgan fingerprint density at radius 2 is 0.938 bits per heavy atom.